The molecule has 0 radical (unpaired) electrons. The second-order valence-corrected chi connectivity index (χ2v) is 6.11. The molecule has 1 saturated heterocycles. The number of carbonyl (C=O) groups excluding carboxylic acids is 1. The first-order valence-electron chi connectivity index (χ1n) is 7.72. The molecule has 1 aliphatic heterocycles. The lowest BCUT2D eigenvalue weighted by Crippen LogP contribution is -2.31. The Balaban J connectivity index is 1.74. The van der Waals surface area contributed by atoms with E-state index >= 15 is 0 Å². The van der Waals surface area contributed by atoms with Crippen molar-refractivity contribution in [3.8, 4) is 0 Å². The first-order valence-corrected chi connectivity index (χ1v) is 7.72. The summed E-state index contributed by atoms with van der Waals surface area (Å²) in [5.41, 5.74) is 0. The SMILES string of the molecule is CNCC1CCN(C(=O)CC2CCCCCC2)C1. The van der Waals surface area contributed by atoms with Crippen molar-refractivity contribution in [2.75, 3.05) is 26.7 Å². The van der Waals surface area contributed by atoms with Gasteiger partial charge in [-0.3, -0.25) is 4.79 Å². The average Bonchev–Trinajstić information content (AvgIpc) is 2.67. The predicted octanol–water partition coefficient (Wildman–Crippen LogP) is 2.41. The Kier molecular flexibility index (Phi) is 5.48. The fraction of sp³-hybridized carbons (Fsp3) is 0.933. The van der Waals surface area contributed by atoms with Gasteiger partial charge in [0.25, 0.3) is 0 Å². The van der Waals surface area contributed by atoms with Crippen molar-refractivity contribution < 1.29 is 4.79 Å². The largest absolute Gasteiger partial charge is 0.342 e. The second-order valence-electron chi connectivity index (χ2n) is 6.11. The Morgan fingerprint density at radius 1 is 1.11 bits per heavy atom. The molecule has 0 aromatic heterocycles. The summed E-state index contributed by atoms with van der Waals surface area (Å²) in [6, 6.07) is 0. The van der Waals surface area contributed by atoms with Gasteiger partial charge in [0.2, 0.25) is 5.91 Å². The molecule has 0 bridgehead atoms. The number of nitrogens with one attached hydrogen (secondary N) is 1. The van der Waals surface area contributed by atoms with Crippen LogP contribution in [0.3, 0.4) is 0 Å². The minimum absolute atomic E-state index is 0.417. The summed E-state index contributed by atoms with van der Waals surface area (Å²) < 4.78 is 0. The third-order valence-electron chi connectivity index (χ3n) is 4.57. The smallest absolute Gasteiger partial charge is 0.222 e. The number of amides is 1. The molecular weight excluding hydrogens is 224 g/mol. The zero-order valence-electron chi connectivity index (χ0n) is 11.8. The van der Waals surface area contributed by atoms with Gasteiger partial charge < -0.3 is 10.2 Å². The fourth-order valence-corrected chi connectivity index (χ4v) is 3.46. The summed E-state index contributed by atoms with van der Waals surface area (Å²) in [5, 5.41) is 3.22. The summed E-state index contributed by atoms with van der Waals surface area (Å²) >= 11 is 0. The second kappa shape index (κ2) is 7.13. The summed E-state index contributed by atoms with van der Waals surface area (Å²) in [6.07, 6.45) is 9.96. The number of nitrogens with zero attached hydrogens (tertiary/aromatic N) is 1. The van der Waals surface area contributed by atoms with Gasteiger partial charge in [0.15, 0.2) is 0 Å². The highest BCUT2D eigenvalue weighted by Crippen LogP contribution is 2.27. The Labute approximate surface area is 111 Å². The molecule has 0 spiro atoms. The van der Waals surface area contributed by atoms with Gasteiger partial charge in [-0.1, -0.05) is 25.7 Å². The maximum absolute atomic E-state index is 12.3. The zero-order valence-corrected chi connectivity index (χ0v) is 11.8. The van der Waals surface area contributed by atoms with Gasteiger partial charge in [0, 0.05) is 19.5 Å². The van der Waals surface area contributed by atoms with Gasteiger partial charge in [0.1, 0.15) is 0 Å². The lowest BCUT2D eigenvalue weighted by Gasteiger charge is -2.20. The van der Waals surface area contributed by atoms with Crippen LogP contribution < -0.4 is 5.32 Å². The van der Waals surface area contributed by atoms with E-state index in [4.69, 9.17) is 0 Å². The highest BCUT2D eigenvalue weighted by Gasteiger charge is 2.27. The van der Waals surface area contributed by atoms with Gasteiger partial charge in [-0.25, -0.2) is 0 Å². The molecule has 3 nitrogen and oxygen atoms in total. The van der Waals surface area contributed by atoms with E-state index in [1.54, 1.807) is 0 Å². The molecule has 1 atom stereocenters. The number of likely N-dealkylation sites (tertiary alicyclic amines) is 1. The van der Waals surface area contributed by atoms with Crippen LogP contribution in [0.4, 0.5) is 0 Å². The standard InChI is InChI=1S/C15H28N2O/c1-16-11-14-8-9-17(12-14)15(18)10-13-6-4-2-3-5-7-13/h13-14,16H,2-12H2,1H3. The Bertz CT molecular complexity index is 259. The van der Waals surface area contributed by atoms with E-state index < -0.39 is 0 Å². The molecule has 18 heavy (non-hydrogen) atoms. The molecule has 2 aliphatic rings. The average molecular weight is 252 g/mol. The van der Waals surface area contributed by atoms with E-state index in [0.717, 1.165) is 26.1 Å². The molecule has 0 aromatic carbocycles. The molecule has 2 rings (SSSR count). The van der Waals surface area contributed by atoms with E-state index in [-0.39, 0.29) is 0 Å². The van der Waals surface area contributed by atoms with Gasteiger partial charge in [-0.05, 0) is 44.7 Å². The van der Waals surface area contributed by atoms with Gasteiger partial charge in [-0.15, -0.1) is 0 Å². The summed E-state index contributed by atoms with van der Waals surface area (Å²) in [6.45, 7) is 3.01. The maximum Gasteiger partial charge on any atom is 0.222 e. The van der Waals surface area contributed by atoms with Crippen LogP contribution in [0.25, 0.3) is 0 Å². The van der Waals surface area contributed by atoms with Crippen molar-refractivity contribution in [2.45, 2.75) is 51.4 Å². The van der Waals surface area contributed by atoms with Crippen LogP contribution in [-0.4, -0.2) is 37.5 Å². The molecule has 104 valence electrons. The fourth-order valence-electron chi connectivity index (χ4n) is 3.46. The van der Waals surface area contributed by atoms with Crippen molar-refractivity contribution in [2.24, 2.45) is 11.8 Å². The van der Waals surface area contributed by atoms with Crippen molar-refractivity contribution in [1.29, 1.82) is 0 Å². The highest BCUT2D eigenvalue weighted by molar-refractivity contribution is 5.76. The van der Waals surface area contributed by atoms with Gasteiger partial charge in [-0.2, -0.15) is 0 Å². The van der Waals surface area contributed by atoms with Gasteiger partial charge in [0.05, 0.1) is 0 Å². The van der Waals surface area contributed by atoms with E-state index in [1.165, 1.54) is 44.9 Å². The third kappa shape index (κ3) is 3.98. The Hall–Kier alpha value is -0.570. The first-order chi connectivity index (χ1) is 8.79. The molecular formula is C15H28N2O. The highest BCUT2D eigenvalue weighted by atomic mass is 16.2. The quantitative estimate of drug-likeness (QED) is 0.779. The van der Waals surface area contributed by atoms with Gasteiger partial charge >= 0.3 is 0 Å². The van der Waals surface area contributed by atoms with E-state index in [0.29, 0.717) is 17.7 Å². The van der Waals surface area contributed by atoms with Crippen molar-refractivity contribution in [3.05, 3.63) is 0 Å². The van der Waals surface area contributed by atoms with Crippen LogP contribution in [0.5, 0.6) is 0 Å². The minimum atomic E-state index is 0.417. The third-order valence-corrected chi connectivity index (χ3v) is 4.57. The maximum atomic E-state index is 12.3. The Morgan fingerprint density at radius 2 is 1.83 bits per heavy atom. The Morgan fingerprint density at radius 3 is 2.50 bits per heavy atom. The molecule has 1 heterocycles. The normalized spacial score (nSPS) is 26.3. The molecule has 0 aromatic rings. The number of hydrogen-bond acceptors (Lipinski definition) is 2. The predicted molar refractivity (Wildman–Crippen MR) is 74.4 cm³/mol. The van der Waals surface area contributed by atoms with Crippen LogP contribution in [-0.2, 0) is 4.79 Å². The first kappa shape index (κ1) is 13.9. The molecule has 1 unspecified atom stereocenters. The molecule has 1 N–H and O–H groups in total. The van der Waals surface area contributed by atoms with E-state index in [2.05, 4.69) is 10.2 Å². The number of hydrogen-bond donors (Lipinski definition) is 1. The van der Waals surface area contributed by atoms with Crippen LogP contribution >= 0.6 is 0 Å². The molecule has 1 amide bonds. The summed E-state index contributed by atoms with van der Waals surface area (Å²) in [7, 11) is 2.00. The summed E-state index contributed by atoms with van der Waals surface area (Å²) in [4.78, 5) is 14.4. The minimum Gasteiger partial charge on any atom is -0.342 e. The molecule has 1 saturated carbocycles. The molecule has 3 heteroatoms. The monoisotopic (exact) mass is 252 g/mol. The van der Waals surface area contributed by atoms with E-state index in [1.807, 2.05) is 7.05 Å². The van der Waals surface area contributed by atoms with Crippen LogP contribution in [0, 0.1) is 11.8 Å². The summed E-state index contributed by atoms with van der Waals surface area (Å²) in [5.74, 6) is 1.76. The number of rotatable bonds is 4. The topological polar surface area (TPSA) is 32.3 Å². The number of carbonyl (C=O) groups is 1. The van der Waals surface area contributed by atoms with Crippen LogP contribution in [0.2, 0.25) is 0 Å². The molecule has 2 fully saturated rings. The van der Waals surface area contributed by atoms with Crippen molar-refractivity contribution in [1.82, 2.24) is 10.2 Å². The molecule has 1 aliphatic carbocycles. The van der Waals surface area contributed by atoms with Crippen LogP contribution in [0.15, 0.2) is 0 Å². The van der Waals surface area contributed by atoms with E-state index in [9.17, 15) is 4.79 Å². The zero-order chi connectivity index (χ0) is 12.8. The lowest BCUT2D eigenvalue weighted by atomic mass is 9.96. The van der Waals surface area contributed by atoms with Crippen LogP contribution in [0.1, 0.15) is 51.4 Å². The van der Waals surface area contributed by atoms with Crippen molar-refractivity contribution >= 4 is 5.91 Å². The lowest BCUT2D eigenvalue weighted by molar-refractivity contribution is -0.131. The van der Waals surface area contributed by atoms with Crippen molar-refractivity contribution in [3.63, 3.8) is 0 Å².